The van der Waals surface area contributed by atoms with Crippen LogP contribution in [0.3, 0.4) is 0 Å². The van der Waals surface area contributed by atoms with Crippen LogP contribution in [0.5, 0.6) is 17.2 Å². The van der Waals surface area contributed by atoms with Crippen LogP contribution in [-0.2, 0) is 20.6 Å². The van der Waals surface area contributed by atoms with Crippen molar-refractivity contribution in [1.82, 2.24) is 0 Å². The minimum Gasteiger partial charge on any atom is -0.494 e. The maximum Gasteiger partial charge on any atom is 0.306 e. The van der Waals surface area contributed by atoms with E-state index in [2.05, 4.69) is 84.1 Å². The number of carbonyl (C=O) groups is 1. The maximum absolute atomic E-state index is 11.7. The van der Waals surface area contributed by atoms with Crippen molar-refractivity contribution in [3.63, 3.8) is 0 Å². The molecule has 1 aliphatic heterocycles. The zero-order valence-electron chi connectivity index (χ0n) is 29.0. The highest BCUT2D eigenvalue weighted by atomic mass is 32.2. The first-order chi connectivity index (χ1) is 21.9. The van der Waals surface area contributed by atoms with E-state index in [0.717, 1.165) is 65.9 Å². The second-order valence-corrected chi connectivity index (χ2v) is 19.7. The standard InChI is InChI=1S/C38H52O6SSi/c1-27-20-33(41-16-10-18-45-19-11-17-44-46(7,8)38(3,4)5)21-28(2)37(27)30-13-9-12-29(22-30)25-42-32-14-15-34-31(23-36(39)40-6)26-43-35(34)24-32/h9,12-15,20-22,24,31H,10-11,16-19,23,25-26H2,1-8H3/t31-/m1/s1. The largest absolute Gasteiger partial charge is 0.494 e. The monoisotopic (exact) mass is 664 g/mol. The van der Waals surface area contributed by atoms with E-state index in [9.17, 15) is 4.79 Å². The predicted octanol–water partition coefficient (Wildman–Crippen LogP) is 9.50. The van der Waals surface area contributed by atoms with E-state index in [1.807, 2.05) is 30.0 Å². The van der Waals surface area contributed by atoms with E-state index in [1.54, 1.807) is 0 Å². The number of fused-ring (bicyclic) bond motifs is 1. The van der Waals surface area contributed by atoms with Gasteiger partial charge in [-0.05, 0) is 108 Å². The van der Waals surface area contributed by atoms with Gasteiger partial charge in [-0.15, -0.1) is 0 Å². The Morgan fingerprint density at radius 2 is 1.65 bits per heavy atom. The van der Waals surface area contributed by atoms with Gasteiger partial charge in [0, 0.05) is 24.2 Å². The summed E-state index contributed by atoms with van der Waals surface area (Å²) in [4.78, 5) is 11.7. The van der Waals surface area contributed by atoms with Crippen LogP contribution in [0.15, 0.2) is 54.6 Å². The van der Waals surface area contributed by atoms with Gasteiger partial charge in [0.25, 0.3) is 0 Å². The van der Waals surface area contributed by atoms with Crippen molar-refractivity contribution in [2.75, 3.05) is 38.4 Å². The lowest BCUT2D eigenvalue weighted by Gasteiger charge is -2.36. The number of aryl methyl sites for hydroxylation is 2. The molecule has 0 N–H and O–H groups in total. The molecule has 1 atom stereocenters. The van der Waals surface area contributed by atoms with Gasteiger partial charge in [-0.2, -0.15) is 11.8 Å². The summed E-state index contributed by atoms with van der Waals surface area (Å²) in [5.41, 5.74) is 6.90. The normalized spacial score (nSPS) is 14.5. The molecule has 0 unspecified atom stereocenters. The lowest BCUT2D eigenvalue weighted by Crippen LogP contribution is -2.41. The molecule has 0 amide bonds. The molecule has 0 fully saturated rings. The molecule has 6 nitrogen and oxygen atoms in total. The summed E-state index contributed by atoms with van der Waals surface area (Å²) in [6, 6.07) is 18.7. The fourth-order valence-electron chi connectivity index (χ4n) is 5.40. The number of rotatable bonds is 16. The molecule has 250 valence electrons. The number of carbonyl (C=O) groups excluding carboxylic acids is 1. The van der Waals surface area contributed by atoms with Gasteiger partial charge in [-0.3, -0.25) is 4.79 Å². The van der Waals surface area contributed by atoms with Gasteiger partial charge in [0.2, 0.25) is 0 Å². The third-order valence-electron chi connectivity index (χ3n) is 9.04. The summed E-state index contributed by atoms with van der Waals surface area (Å²) >= 11 is 1.99. The van der Waals surface area contributed by atoms with Gasteiger partial charge >= 0.3 is 5.97 Å². The first-order valence-corrected chi connectivity index (χ1v) is 20.5. The summed E-state index contributed by atoms with van der Waals surface area (Å²) in [5, 5.41) is 0.270. The molecule has 3 aromatic carbocycles. The number of thioether (sulfide) groups is 1. The summed E-state index contributed by atoms with van der Waals surface area (Å²) in [5.74, 6) is 4.46. The minimum atomic E-state index is -1.64. The third kappa shape index (κ3) is 9.78. The molecular weight excluding hydrogens is 613 g/mol. The molecule has 1 aliphatic rings. The van der Waals surface area contributed by atoms with Gasteiger partial charge in [-0.25, -0.2) is 0 Å². The Labute approximate surface area is 281 Å². The van der Waals surface area contributed by atoms with Gasteiger partial charge < -0.3 is 23.4 Å². The van der Waals surface area contributed by atoms with E-state index < -0.39 is 8.32 Å². The van der Waals surface area contributed by atoms with Gasteiger partial charge in [0.15, 0.2) is 8.32 Å². The summed E-state index contributed by atoms with van der Waals surface area (Å²) in [7, 11) is -0.225. The second-order valence-electron chi connectivity index (χ2n) is 13.7. The van der Waals surface area contributed by atoms with Crippen LogP contribution in [0.4, 0.5) is 0 Å². The molecule has 4 rings (SSSR count). The molecule has 1 heterocycles. The lowest BCUT2D eigenvalue weighted by molar-refractivity contribution is -0.141. The van der Waals surface area contributed by atoms with Crippen molar-refractivity contribution in [1.29, 1.82) is 0 Å². The van der Waals surface area contributed by atoms with Crippen molar-refractivity contribution < 1.29 is 28.2 Å². The number of ether oxygens (including phenoxy) is 4. The molecule has 0 spiro atoms. The van der Waals surface area contributed by atoms with Crippen LogP contribution < -0.4 is 14.2 Å². The Balaban J connectivity index is 1.23. The third-order valence-corrected chi connectivity index (χ3v) is 14.7. The van der Waals surface area contributed by atoms with E-state index >= 15 is 0 Å². The van der Waals surface area contributed by atoms with Crippen molar-refractivity contribution in [2.24, 2.45) is 0 Å². The molecular formula is C38H52O6SSi. The van der Waals surface area contributed by atoms with Crippen LogP contribution in [0, 0.1) is 13.8 Å². The highest BCUT2D eigenvalue weighted by Gasteiger charge is 2.36. The first-order valence-electron chi connectivity index (χ1n) is 16.4. The SMILES string of the molecule is COC(=O)C[C@@H]1COc2cc(OCc3cccc(-c4c(C)cc(OCCCSCCCO[Si](C)(C)C(C)(C)C)cc4C)c3)ccc21. The molecule has 0 saturated carbocycles. The number of esters is 1. The summed E-state index contributed by atoms with van der Waals surface area (Å²) in [6.07, 6.45) is 2.45. The van der Waals surface area contributed by atoms with Crippen LogP contribution in [0.25, 0.3) is 11.1 Å². The second kappa shape index (κ2) is 16.2. The smallest absolute Gasteiger partial charge is 0.306 e. The highest BCUT2D eigenvalue weighted by Crippen LogP contribution is 2.39. The van der Waals surface area contributed by atoms with Gasteiger partial charge in [-0.1, -0.05) is 45.0 Å². The molecule has 0 aromatic heterocycles. The predicted molar refractivity (Wildman–Crippen MR) is 192 cm³/mol. The van der Waals surface area contributed by atoms with Crippen molar-refractivity contribution in [3.8, 4) is 28.4 Å². The van der Waals surface area contributed by atoms with E-state index in [1.165, 1.54) is 29.4 Å². The zero-order chi connectivity index (χ0) is 33.3. The average molecular weight is 665 g/mol. The number of hydrogen-bond donors (Lipinski definition) is 0. The number of hydrogen-bond acceptors (Lipinski definition) is 7. The average Bonchev–Trinajstić information content (AvgIpc) is 3.40. The van der Waals surface area contributed by atoms with E-state index in [-0.39, 0.29) is 16.9 Å². The Morgan fingerprint density at radius 1 is 0.935 bits per heavy atom. The van der Waals surface area contributed by atoms with Crippen LogP contribution in [-0.4, -0.2) is 52.7 Å². The van der Waals surface area contributed by atoms with E-state index in [4.69, 9.17) is 23.4 Å². The molecule has 3 aromatic rings. The van der Waals surface area contributed by atoms with Gasteiger partial charge in [0.1, 0.15) is 23.9 Å². The van der Waals surface area contributed by atoms with Crippen molar-refractivity contribution >= 4 is 26.0 Å². The Kier molecular flexibility index (Phi) is 12.7. The van der Waals surface area contributed by atoms with Crippen LogP contribution in [0.1, 0.15) is 68.2 Å². The van der Waals surface area contributed by atoms with Crippen molar-refractivity contribution in [2.45, 2.75) is 84.5 Å². The first kappa shape index (κ1) is 35.9. The fraction of sp³-hybridized carbons (Fsp3) is 0.500. The molecule has 0 bridgehead atoms. The Morgan fingerprint density at radius 3 is 2.35 bits per heavy atom. The molecule has 0 saturated heterocycles. The zero-order valence-corrected chi connectivity index (χ0v) is 30.8. The summed E-state index contributed by atoms with van der Waals surface area (Å²) in [6.45, 7) is 18.3. The van der Waals surface area contributed by atoms with Crippen LogP contribution >= 0.6 is 11.8 Å². The van der Waals surface area contributed by atoms with Crippen molar-refractivity contribution in [3.05, 3.63) is 76.9 Å². The Hall–Kier alpha value is -2.94. The summed E-state index contributed by atoms with van der Waals surface area (Å²) < 4.78 is 29.2. The van der Waals surface area contributed by atoms with E-state index in [0.29, 0.717) is 19.6 Å². The Bertz CT molecular complexity index is 1440. The number of benzene rings is 3. The lowest BCUT2D eigenvalue weighted by atomic mass is 9.94. The van der Waals surface area contributed by atoms with Crippen LogP contribution in [0.2, 0.25) is 18.1 Å². The molecule has 46 heavy (non-hydrogen) atoms. The maximum atomic E-state index is 11.7. The number of methoxy groups -OCH3 is 1. The minimum absolute atomic E-state index is 0.0174. The fourth-order valence-corrected chi connectivity index (χ4v) is 7.34. The highest BCUT2D eigenvalue weighted by molar-refractivity contribution is 7.99. The molecule has 0 aliphatic carbocycles. The quantitative estimate of drug-likeness (QED) is 0.0859. The van der Waals surface area contributed by atoms with Gasteiger partial charge in [0.05, 0.1) is 26.7 Å². The molecule has 0 radical (unpaired) electrons. The topological polar surface area (TPSA) is 63.2 Å². The molecule has 8 heteroatoms.